The van der Waals surface area contributed by atoms with Crippen molar-refractivity contribution in [2.45, 2.75) is 44.7 Å². The first-order valence-corrected chi connectivity index (χ1v) is 7.19. The molecule has 0 aromatic heterocycles. The fourth-order valence-electron chi connectivity index (χ4n) is 2.80. The monoisotopic (exact) mass is 280 g/mol. The first-order chi connectivity index (χ1) is 8.99. The van der Waals surface area contributed by atoms with Gasteiger partial charge in [-0.05, 0) is 36.5 Å². The fourth-order valence-corrected chi connectivity index (χ4v) is 3.02. The SMILES string of the molecule is CC1CCCC(N)(C(=O)NCc2cccc(Cl)c2)C1. The van der Waals surface area contributed by atoms with E-state index in [1.54, 1.807) is 0 Å². The number of rotatable bonds is 3. The molecule has 1 fully saturated rings. The molecule has 19 heavy (non-hydrogen) atoms. The molecule has 3 nitrogen and oxygen atoms in total. The number of nitrogens with one attached hydrogen (secondary N) is 1. The van der Waals surface area contributed by atoms with E-state index < -0.39 is 5.54 Å². The van der Waals surface area contributed by atoms with E-state index in [4.69, 9.17) is 17.3 Å². The Bertz CT molecular complexity index is 463. The van der Waals surface area contributed by atoms with E-state index in [2.05, 4.69) is 12.2 Å². The van der Waals surface area contributed by atoms with Crippen LogP contribution >= 0.6 is 11.6 Å². The quantitative estimate of drug-likeness (QED) is 0.894. The van der Waals surface area contributed by atoms with Crippen molar-refractivity contribution in [2.24, 2.45) is 11.7 Å². The van der Waals surface area contributed by atoms with Crippen LogP contribution in [0.2, 0.25) is 5.02 Å². The predicted octanol–water partition coefficient (Wildman–Crippen LogP) is 2.86. The Hall–Kier alpha value is -1.06. The highest BCUT2D eigenvalue weighted by atomic mass is 35.5. The van der Waals surface area contributed by atoms with Gasteiger partial charge >= 0.3 is 0 Å². The highest BCUT2D eigenvalue weighted by molar-refractivity contribution is 6.30. The van der Waals surface area contributed by atoms with Crippen molar-refractivity contribution >= 4 is 17.5 Å². The van der Waals surface area contributed by atoms with Crippen molar-refractivity contribution in [3.63, 3.8) is 0 Å². The zero-order chi connectivity index (χ0) is 13.9. The number of carbonyl (C=O) groups excluding carboxylic acids is 1. The summed E-state index contributed by atoms with van der Waals surface area (Å²) in [5, 5.41) is 3.62. The Balaban J connectivity index is 1.94. The molecule has 2 atom stereocenters. The number of amides is 1. The van der Waals surface area contributed by atoms with Gasteiger partial charge in [-0.1, -0.05) is 43.5 Å². The summed E-state index contributed by atoms with van der Waals surface area (Å²) in [7, 11) is 0. The second-order valence-electron chi connectivity index (χ2n) is 5.67. The van der Waals surface area contributed by atoms with Gasteiger partial charge in [-0.2, -0.15) is 0 Å². The molecule has 1 aliphatic rings. The Labute approximate surface area is 119 Å². The average Bonchev–Trinajstić information content (AvgIpc) is 2.35. The van der Waals surface area contributed by atoms with E-state index in [9.17, 15) is 4.79 Å². The van der Waals surface area contributed by atoms with Gasteiger partial charge in [-0.25, -0.2) is 0 Å². The molecule has 1 saturated carbocycles. The Morgan fingerprint density at radius 1 is 1.58 bits per heavy atom. The number of nitrogens with two attached hydrogens (primary N) is 1. The lowest BCUT2D eigenvalue weighted by molar-refractivity contribution is -0.128. The van der Waals surface area contributed by atoms with E-state index in [0.717, 1.165) is 24.8 Å². The molecular weight excluding hydrogens is 260 g/mol. The molecule has 2 unspecified atom stereocenters. The van der Waals surface area contributed by atoms with Crippen molar-refractivity contribution in [1.82, 2.24) is 5.32 Å². The van der Waals surface area contributed by atoms with Gasteiger partial charge in [0.15, 0.2) is 0 Å². The predicted molar refractivity (Wildman–Crippen MR) is 77.8 cm³/mol. The van der Waals surface area contributed by atoms with Crippen molar-refractivity contribution in [1.29, 1.82) is 0 Å². The minimum atomic E-state index is -0.698. The third kappa shape index (κ3) is 3.71. The van der Waals surface area contributed by atoms with Crippen LogP contribution in [0.1, 0.15) is 38.2 Å². The number of carbonyl (C=O) groups is 1. The summed E-state index contributed by atoms with van der Waals surface area (Å²) in [4.78, 5) is 12.3. The molecular formula is C15H21ClN2O. The number of benzene rings is 1. The molecule has 0 radical (unpaired) electrons. The lowest BCUT2D eigenvalue weighted by atomic mass is 9.76. The second-order valence-corrected chi connectivity index (χ2v) is 6.11. The van der Waals surface area contributed by atoms with Crippen molar-refractivity contribution < 1.29 is 4.79 Å². The third-order valence-electron chi connectivity index (χ3n) is 3.83. The summed E-state index contributed by atoms with van der Waals surface area (Å²) in [5.74, 6) is 0.481. The lowest BCUT2D eigenvalue weighted by Gasteiger charge is -2.35. The Morgan fingerprint density at radius 2 is 2.37 bits per heavy atom. The largest absolute Gasteiger partial charge is 0.350 e. The molecule has 0 bridgehead atoms. The molecule has 1 amide bonds. The minimum absolute atomic E-state index is 0.0426. The highest BCUT2D eigenvalue weighted by Crippen LogP contribution is 2.30. The van der Waals surface area contributed by atoms with Crippen LogP contribution in [0.4, 0.5) is 0 Å². The summed E-state index contributed by atoms with van der Waals surface area (Å²) in [6.45, 7) is 2.64. The zero-order valence-electron chi connectivity index (χ0n) is 11.3. The smallest absolute Gasteiger partial charge is 0.240 e. The molecule has 0 aliphatic heterocycles. The van der Waals surface area contributed by atoms with Crippen molar-refractivity contribution in [3.8, 4) is 0 Å². The van der Waals surface area contributed by atoms with Crippen LogP contribution < -0.4 is 11.1 Å². The Kier molecular flexibility index (Phi) is 4.48. The number of halogens is 1. The van der Waals surface area contributed by atoms with Crippen LogP contribution in [0.5, 0.6) is 0 Å². The molecule has 1 aromatic carbocycles. The van der Waals surface area contributed by atoms with Gasteiger partial charge in [0.05, 0.1) is 5.54 Å². The van der Waals surface area contributed by atoms with Crippen LogP contribution in [0.15, 0.2) is 24.3 Å². The first-order valence-electron chi connectivity index (χ1n) is 6.81. The molecule has 0 heterocycles. The molecule has 0 saturated heterocycles. The highest BCUT2D eigenvalue weighted by Gasteiger charge is 2.37. The van der Waals surface area contributed by atoms with Crippen LogP contribution in [0.3, 0.4) is 0 Å². The molecule has 2 rings (SSSR count). The molecule has 104 valence electrons. The first kappa shape index (κ1) is 14.4. The zero-order valence-corrected chi connectivity index (χ0v) is 12.0. The van der Waals surface area contributed by atoms with Crippen LogP contribution in [0, 0.1) is 5.92 Å². The molecule has 0 spiro atoms. The van der Waals surface area contributed by atoms with E-state index in [1.165, 1.54) is 6.42 Å². The van der Waals surface area contributed by atoms with Crippen molar-refractivity contribution in [2.75, 3.05) is 0 Å². The topological polar surface area (TPSA) is 55.1 Å². The van der Waals surface area contributed by atoms with E-state index >= 15 is 0 Å². The van der Waals surface area contributed by atoms with Gasteiger partial charge in [0.2, 0.25) is 5.91 Å². The van der Waals surface area contributed by atoms with Gasteiger partial charge < -0.3 is 11.1 Å². The number of hydrogen-bond acceptors (Lipinski definition) is 2. The molecule has 4 heteroatoms. The molecule has 1 aliphatic carbocycles. The Morgan fingerprint density at radius 3 is 3.05 bits per heavy atom. The number of hydrogen-bond donors (Lipinski definition) is 2. The third-order valence-corrected chi connectivity index (χ3v) is 4.06. The van der Waals surface area contributed by atoms with Gasteiger partial charge in [-0.15, -0.1) is 0 Å². The van der Waals surface area contributed by atoms with Gasteiger partial charge in [0.25, 0.3) is 0 Å². The maximum Gasteiger partial charge on any atom is 0.240 e. The lowest BCUT2D eigenvalue weighted by Crippen LogP contribution is -2.56. The summed E-state index contributed by atoms with van der Waals surface area (Å²) in [6.07, 6.45) is 3.75. The van der Waals surface area contributed by atoms with E-state index in [1.807, 2.05) is 24.3 Å². The van der Waals surface area contributed by atoms with Gasteiger partial charge in [0, 0.05) is 11.6 Å². The summed E-state index contributed by atoms with van der Waals surface area (Å²) < 4.78 is 0. The fraction of sp³-hybridized carbons (Fsp3) is 0.533. The van der Waals surface area contributed by atoms with Crippen LogP contribution in [-0.4, -0.2) is 11.4 Å². The van der Waals surface area contributed by atoms with E-state index in [0.29, 0.717) is 17.5 Å². The maximum absolute atomic E-state index is 12.3. The minimum Gasteiger partial charge on any atom is -0.350 e. The normalized spacial score (nSPS) is 27.0. The maximum atomic E-state index is 12.3. The summed E-state index contributed by atoms with van der Waals surface area (Å²) in [6, 6.07) is 7.50. The summed E-state index contributed by atoms with van der Waals surface area (Å²) >= 11 is 5.92. The van der Waals surface area contributed by atoms with Crippen molar-refractivity contribution in [3.05, 3.63) is 34.9 Å². The molecule has 1 aromatic rings. The average molecular weight is 281 g/mol. The van der Waals surface area contributed by atoms with Crippen LogP contribution in [0.25, 0.3) is 0 Å². The van der Waals surface area contributed by atoms with Gasteiger partial charge in [-0.3, -0.25) is 4.79 Å². The second kappa shape index (κ2) is 5.93. The van der Waals surface area contributed by atoms with E-state index in [-0.39, 0.29) is 5.91 Å². The van der Waals surface area contributed by atoms with Gasteiger partial charge in [0.1, 0.15) is 0 Å². The standard InChI is InChI=1S/C15H21ClN2O/c1-11-4-3-7-15(17,9-11)14(19)18-10-12-5-2-6-13(16)8-12/h2,5-6,8,11H,3-4,7,9-10,17H2,1H3,(H,18,19). The summed E-state index contributed by atoms with van der Waals surface area (Å²) in [5.41, 5.74) is 6.54. The molecule has 3 N–H and O–H groups in total. The van der Waals surface area contributed by atoms with Crippen LogP contribution in [-0.2, 0) is 11.3 Å².